The molecule has 2 aliphatic rings. The molecule has 5 rings (SSSR count). The fraction of sp³-hybridized carbons (Fsp3) is 0.192. The lowest BCUT2D eigenvalue weighted by molar-refractivity contribution is -0.126. The maximum atomic E-state index is 13.7. The summed E-state index contributed by atoms with van der Waals surface area (Å²) in [6.07, 6.45) is -1.05. The van der Waals surface area contributed by atoms with Gasteiger partial charge in [0.05, 0.1) is 37.2 Å². The molecule has 1 N–H and O–H groups in total. The summed E-state index contributed by atoms with van der Waals surface area (Å²) >= 11 is 0. The number of para-hydroxylation sites is 1. The number of phenolic OH excluding ortho intramolecular Hbond substituents is 1. The van der Waals surface area contributed by atoms with Crippen molar-refractivity contribution in [1.82, 2.24) is 0 Å². The number of aromatic hydroxyl groups is 1. The third kappa shape index (κ3) is 3.66. The second kappa shape index (κ2) is 8.77. The highest BCUT2D eigenvalue weighted by Gasteiger charge is 2.60. The molecule has 35 heavy (non-hydrogen) atoms. The largest absolute Gasteiger partial charge is 0.504 e. The first-order valence-electron chi connectivity index (χ1n) is 10.9. The van der Waals surface area contributed by atoms with Crippen LogP contribution in [0.5, 0.6) is 11.5 Å². The molecule has 3 atom stereocenters. The van der Waals surface area contributed by atoms with E-state index in [1.807, 2.05) is 30.3 Å². The van der Waals surface area contributed by atoms with Crippen molar-refractivity contribution in [3.63, 3.8) is 0 Å². The number of hydrogen-bond acceptors (Lipinski definition) is 8. The minimum absolute atomic E-state index is 0.0425. The Balaban J connectivity index is 1.55. The van der Waals surface area contributed by atoms with E-state index in [4.69, 9.17) is 14.3 Å². The molecule has 0 aromatic heterocycles. The molecular formula is C26H22N2O7. The number of carbonyl (C=O) groups is 3. The molecule has 3 aromatic carbocycles. The van der Waals surface area contributed by atoms with Gasteiger partial charge >= 0.3 is 5.97 Å². The van der Waals surface area contributed by atoms with Crippen molar-refractivity contribution in [3.8, 4) is 11.5 Å². The van der Waals surface area contributed by atoms with Crippen molar-refractivity contribution < 1.29 is 33.8 Å². The molecule has 2 aliphatic heterocycles. The van der Waals surface area contributed by atoms with Gasteiger partial charge in [-0.2, -0.15) is 0 Å². The molecule has 2 amide bonds. The fourth-order valence-corrected chi connectivity index (χ4v) is 4.55. The third-order valence-corrected chi connectivity index (χ3v) is 6.22. The Bertz CT molecular complexity index is 1290. The van der Waals surface area contributed by atoms with E-state index in [1.54, 1.807) is 17.2 Å². The van der Waals surface area contributed by atoms with Crippen molar-refractivity contribution in [3.05, 3.63) is 83.9 Å². The highest BCUT2D eigenvalue weighted by molar-refractivity contribution is 6.24. The quantitative estimate of drug-likeness (QED) is 0.444. The van der Waals surface area contributed by atoms with Gasteiger partial charge in [-0.05, 0) is 54.1 Å². The number of rotatable bonds is 5. The van der Waals surface area contributed by atoms with E-state index in [2.05, 4.69) is 0 Å². The Labute approximate surface area is 201 Å². The number of nitrogens with zero attached hydrogens (tertiary/aromatic N) is 2. The molecule has 2 heterocycles. The Morgan fingerprint density at radius 2 is 1.63 bits per heavy atom. The van der Waals surface area contributed by atoms with Crippen molar-refractivity contribution in [2.24, 2.45) is 5.92 Å². The molecule has 0 radical (unpaired) electrons. The molecule has 0 spiro atoms. The number of imide groups is 1. The Hall–Kier alpha value is -4.37. The normalized spacial score (nSPS) is 21.3. The van der Waals surface area contributed by atoms with Gasteiger partial charge in [-0.3, -0.25) is 14.4 Å². The molecule has 0 bridgehead atoms. The smallest absolute Gasteiger partial charge is 0.337 e. The maximum Gasteiger partial charge on any atom is 0.337 e. The van der Waals surface area contributed by atoms with Gasteiger partial charge in [-0.1, -0.05) is 24.3 Å². The number of anilines is 2. The van der Waals surface area contributed by atoms with Gasteiger partial charge in [0, 0.05) is 0 Å². The number of benzene rings is 3. The van der Waals surface area contributed by atoms with Crippen LogP contribution in [0.15, 0.2) is 72.8 Å². The van der Waals surface area contributed by atoms with Crippen molar-refractivity contribution in [1.29, 1.82) is 0 Å². The summed E-state index contributed by atoms with van der Waals surface area (Å²) in [5.74, 6) is -2.10. The SMILES string of the molecule is COC(=O)c1ccc(N2C(=O)[C@@H]3[C@@H](ON(c4ccccc4)[C@H]3c3ccc(O)c(OC)c3)C2=O)cc1. The van der Waals surface area contributed by atoms with Gasteiger partial charge in [0.15, 0.2) is 17.6 Å². The zero-order chi connectivity index (χ0) is 24.7. The van der Waals surface area contributed by atoms with Gasteiger partial charge < -0.3 is 14.6 Å². The average molecular weight is 474 g/mol. The summed E-state index contributed by atoms with van der Waals surface area (Å²) in [5, 5.41) is 11.6. The van der Waals surface area contributed by atoms with Gasteiger partial charge in [-0.25, -0.2) is 14.8 Å². The van der Waals surface area contributed by atoms with Gasteiger partial charge in [0.25, 0.3) is 5.91 Å². The monoisotopic (exact) mass is 474 g/mol. The highest BCUT2D eigenvalue weighted by Crippen LogP contribution is 2.48. The minimum Gasteiger partial charge on any atom is -0.504 e. The molecule has 0 unspecified atom stereocenters. The van der Waals surface area contributed by atoms with Crippen LogP contribution >= 0.6 is 0 Å². The van der Waals surface area contributed by atoms with Crippen LogP contribution in [-0.2, 0) is 19.2 Å². The van der Waals surface area contributed by atoms with E-state index in [-0.39, 0.29) is 11.5 Å². The lowest BCUT2D eigenvalue weighted by atomic mass is 9.90. The number of amides is 2. The van der Waals surface area contributed by atoms with Crippen molar-refractivity contribution >= 4 is 29.2 Å². The van der Waals surface area contributed by atoms with Crippen LogP contribution in [0.1, 0.15) is 22.0 Å². The fourth-order valence-electron chi connectivity index (χ4n) is 4.55. The van der Waals surface area contributed by atoms with Gasteiger partial charge in [0.1, 0.15) is 5.92 Å². The second-order valence-corrected chi connectivity index (χ2v) is 8.14. The Morgan fingerprint density at radius 1 is 0.914 bits per heavy atom. The Kier molecular flexibility index (Phi) is 5.62. The standard InChI is InChI=1S/C26H22N2O7/c1-33-20-14-16(10-13-19(20)29)22-21-23(35-28(22)18-6-4-3-5-7-18)25(31)27(24(21)30)17-11-8-15(9-12-17)26(32)34-2/h3-14,21-23,29H,1-2H3/t21-,22-,23+/m0/s1. The molecule has 9 heteroatoms. The van der Waals surface area contributed by atoms with Crippen molar-refractivity contribution in [2.45, 2.75) is 12.1 Å². The van der Waals surface area contributed by atoms with Crippen molar-refractivity contribution in [2.75, 3.05) is 24.2 Å². The predicted octanol–water partition coefficient (Wildman–Crippen LogP) is 3.24. The highest BCUT2D eigenvalue weighted by atomic mass is 16.7. The predicted molar refractivity (Wildman–Crippen MR) is 125 cm³/mol. The second-order valence-electron chi connectivity index (χ2n) is 8.14. The number of hydroxylamine groups is 1. The molecule has 3 aromatic rings. The first-order valence-corrected chi connectivity index (χ1v) is 10.9. The molecule has 0 saturated carbocycles. The van der Waals surface area contributed by atoms with E-state index in [9.17, 15) is 19.5 Å². The topological polar surface area (TPSA) is 106 Å². The zero-order valence-corrected chi connectivity index (χ0v) is 19.0. The number of methoxy groups -OCH3 is 2. The molecular weight excluding hydrogens is 452 g/mol. The summed E-state index contributed by atoms with van der Waals surface area (Å²) < 4.78 is 9.97. The summed E-state index contributed by atoms with van der Waals surface area (Å²) in [4.78, 5) is 46.0. The lowest BCUT2D eigenvalue weighted by Crippen LogP contribution is -2.37. The zero-order valence-electron chi connectivity index (χ0n) is 19.0. The number of carbonyl (C=O) groups excluding carboxylic acids is 3. The van der Waals surface area contributed by atoms with Gasteiger partial charge in [0.2, 0.25) is 5.91 Å². The third-order valence-electron chi connectivity index (χ3n) is 6.22. The average Bonchev–Trinajstić information content (AvgIpc) is 3.40. The molecule has 0 aliphatic carbocycles. The minimum atomic E-state index is -1.05. The maximum absolute atomic E-state index is 13.7. The summed E-state index contributed by atoms with van der Waals surface area (Å²) in [6.45, 7) is 0. The number of phenols is 1. The first kappa shape index (κ1) is 22.4. The molecule has 2 saturated heterocycles. The van der Waals surface area contributed by atoms with Crippen LogP contribution in [-0.4, -0.2) is 43.2 Å². The molecule has 2 fully saturated rings. The van der Waals surface area contributed by atoms with Crippen LogP contribution < -0.4 is 14.7 Å². The number of ether oxygens (including phenoxy) is 2. The number of fused-ring (bicyclic) bond motifs is 1. The van der Waals surface area contributed by atoms with Gasteiger partial charge in [-0.15, -0.1) is 0 Å². The molecule has 178 valence electrons. The van der Waals surface area contributed by atoms with Crippen LogP contribution in [0.25, 0.3) is 0 Å². The summed E-state index contributed by atoms with van der Waals surface area (Å²) in [5.41, 5.74) is 1.95. The summed E-state index contributed by atoms with van der Waals surface area (Å²) in [6, 6.07) is 19.3. The van der Waals surface area contributed by atoms with E-state index in [0.29, 0.717) is 22.5 Å². The van der Waals surface area contributed by atoms with E-state index in [0.717, 1.165) is 4.90 Å². The number of hydrogen-bond donors (Lipinski definition) is 1. The Morgan fingerprint density at radius 3 is 2.29 bits per heavy atom. The van der Waals surface area contributed by atoms with Crippen LogP contribution in [0.2, 0.25) is 0 Å². The van der Waals surface area contributed by atoms with Crippen LogP contribution in [0.4, 0.5) is 11.4 Å². The van der Waals surface area contributed by atoms with Crippen LogP contribution in [0.3, 0.4) is 0 Å². The van der Waals surface area contributed by atoms with E-state index < -0.39 is 35.8 Å². The van der Waals surface area contributed by atoms with E-state index >= 15 is 0 Å². The van der Waals surface area contributed by atoms with Crippen LogP contribution in [0, 0.1) is 5.92 Å². The first-order chi connectivity index (χ1) is 16.9. The summed E-state index contributed by atoms with van der Waals surface area (Å²) in [7, 11) is 2.71. The molecule has 9 nitrogen and oxygen atoms in total. The number of esters is 1. The van der Waals surface area contributed by atoms with E-state index in [1.165, 1.54) is 44.6 Å². The lowest BCUT2D eigenvalue weighted by Gasteiger charge is -2.29.